The Labute approximate surface area is 131 Å². The third kappa shape index (κ3) is 5.29. The van der Waals surface area contributed by atoms with Gasteiger partial charge in [0.2, 0.25) is 10.0 Å². The summed E-state index contributed by atoms with van der Waals surface area (Å²) in [6, 6.07) is 7.54. The van der Waals surface area contributed by atoms with Crippen LogP contribution in [0.25, 0.3) is 0 Å². The van der Waals surface area contributed by atoms with Crippen molar-refractivity contribution in [2.75, 3.05) is 6.26 Å². The maximum atomic E-state index is 12.2. The lowest BCUT2D eigenvalue weighted by Gasteiger charge is -2.27. The number of hydrogen-bond acceptors (Lipinski definition) is 4. The zero-order valence-electron chi connectivity index (χ0n) is 12.4. The predicted molar refractivity (Wildman–Crippen MR) is 89.7 cm³/mol. The summed E-state index contributed by atoms with van der Waals surface area (Å²) >= 11 is 1.88. The number of hydrogen-bond donors (Lipinski definition) is 2. The molecule has 2 rings (SSSR count). The van der Waals surface area contributed by atoms with Crippen molar-refractivity contribution in [3.05, 3.63) is 35.4 Å². The van der Waals surface area contributed by atoms with Gasteiger partial charge in [-0.3, -0.25) is 0 Å². The number of rotatable bonds is 6. The Morgan fingerprint density at radius 2 is 1.71 bits per heavy atom. The van der Waals surface area contributed by atoms with Crippen molar-refractivity contribution < 1.29 is 8.42 Å². The summed E-state index contributed by atoms with van der Waals surface area (Å²) in [5.74, 6) is 0.0420. The predicted octanol–water partition coefficient (Wildman–Crippen LogP) is 2.24. The van der Waals surface area contributed by atoms with Crippen LogP contribution in [0.5, 0.6) is 0 Å². The third-order valence-electron chi connectivity index (χ3n) is 3.97. The Kier molecular flexibility index (Phi) is 6.10. The first kappa shape index (κ1) is 16.8. The Balaban J connectivity index is 1.89. The largest absolute Gasteiger partial charge is 0.326 e. The fraction of sp³-hybridized carbons (Fsp3) is 0.600. The highest BCUT2D eigenvalue weighted by atomic mass is 32.2. The van der Waals surface area contributed by atoms with Gasteiger partial charge in [-0.25, -0.2) is 13.1 Å². The van der Waals surface area contributed by atoms with Crippen LogP contribution in [-0.4, -0.2) is 26.0 Å². The molecule has 0 heterocycles. The lowest BCUT2D eigenvalue weighted by atomic mass is 9.96. The van der Waals surface area contributed by atoms with Gasteiger partial charge >= 0.3 is 0 Å². The zero-order valence-corrected chi connectivity index (χ0v) is 14.1. The summed E-state index contributed by atoms with van der Waals surface area (Å²) in [6.45, 7) is 0.476. The smallest absolute Gasteiger partial charge is 0.216 e. The standard InChI is InChI=1S/C15H24N2O2S2/c1-20-15-8-6-14(7-9-15)17-21(18,19)11-13-4-2-12(10-16)3-5-13/h2-5,14-15,17H,6-11,16H2,1H3. The minimum absolute atomic E-state index is 0.0420. The van der Waals surface area contributed by atoms with Crippen LogP contribution in [-0.2, 0) is 22.3 Å². The molecule has 4 nitrogen and oxygen atoms in total. The van der Waals surface area contributed by atoms with Gasteiger partial charge in [0.15, 0.2) is 0 Å². The van der Waals surface area contributed by atoms with Crippen molar-refractivity contribution >= 4 is 21.8 Å². The van der Waals surface area contributed by atoms with E-state index in [1.165, 1.54) is 0 Å². The van der Waals surface area contributed by atoms with Crippen molar-refractivity contribution in [2.24, 2.45) is 5.73 Å². The molecule has 0 aliphatic heterocycles. The highest BCUT2D eigenvalue weighted by Crippen LogP contribution is 2.27. The minimum atomic E-state index is -3.27. The molecule has 0 unspecified atom stereocenters. The fourth-order valence-electron chi connectivity index (χ4n) is 2.70. The normalized spacial score (nSPS) is 23.1. The van der Waals surface area contributed by atoms with E-state index >= 15 is 0 Å². The van der Waals surface area contributed by atoms with Crippen LogP contribution in [0.3, 0.4) is 0 Å². The molecule has 0 saturated heterocycles. The molecule has 0 radical (unpaired) electrons. The van der Waals surface area contributed by atoms with Gasteiger partial charge in [0.05, 0.1) is 5.75 Å². The molecular formula is C15H24N2O2S2. The van der Waals surface area contributed by atoms with Crippen molar-refractivity contribution in [3.63, 3.8) is 0 Å². The monoisotopic (exact) mass is 328 g/mol. The van der Waals surface area contributed by atoms with Gasteiger partial charge < -0.3 is 5.73 Å². The molecule has 118 valence electrons. The molecule has 0 amide bonds. The zero-order chi connectivity index (χ0) is 15.3. The lowest BCUT2D eigenvalue weighted by molar-refractivity contribution is 0.420. The molecule has 1 saturated carbocycles. The Hall–Kier alpha value is -0.560. The summed E-state index contributed by atoms with van der Waals surface area (Å²) < 4.78 is 27.3. The molecule has 6 heteroatoms. The second kappa shape index (κ2) is 7.63. The van der Waals surface area contributed by atoms with E-state index in [1.807, 2.05) is 36.0 Å². The molecule has 0 atom stereocenters. The third-order valence-corrected chi connectivity index (χ3v) is 6.51. The number of sulfonamides is 1. The first-order valence-electron chi connectivity index (χ1n) is 7.33. The maximum absolute atomic E-state index is 12.2. The van der Waals surface area contributed by atoms with Gasteiger partial charge in [-0.05, 0) is 43.1 Å². The average Bonchev–Trinajstić information content (AvgIpc) is 2.48. The highest BCUT2D eigenvalue weighted by Gasteiger charge is 2.24. The molecular weight excluding hydrogens is 304 g/mol. The minimum Gasteiger partial charge on any atom is -0.326 e. The van der Waals surface area contributed by atoms with Crippen LogP contribution < -0.4 is 10.5 Å². The van der Waals surface area contributed by atoms with Crippen LogP contribution >= 0.6 is 11.8 Å². The summed E-state index contributed by atoms with van der Waals surface area (Å²) in [6.07, 6.45) is 6.20. The molecule has 0 spiro atoms. The number of nitrogens with one attached hydrogen (secondary N) is 1. The van der Waals surface area contributed by atoms with E-state index in [4.69, 9.17) is 5.73 Å². The van der Waals surface area contributed by atoms with E-state index < -0.39 is 10.0 Å². The van der Waals surface area contributed by atoms with Crippen molar-refractivity contribution in [3.8, 4) is 0 Å². The summed E-state index contributed by atoms with van der Waals surface area (Å²) in [5.41, 5.74) is 7.36. The quantitative estimate of drug-likeness (QED) is 0.840. The number of benzene rings is 1. The van der Waals surface area contributed by atoms with E-state index in [1.54, 1.807) is 0 Å². The van der Waals surface area contributed by atoms with Crippen LogP contribution in [0.4, 0.5) is 0 Å². The van der Waals surface area contributed by atoms with Crippen molar-refractivity contribution in [1.82, 2.24) is 4.72 Å². The van der Waals surface area contributed by atoms with E-state index in [-0.39, 0.29) is 11.8 Å². The van der Waals surface area contributed by atoms with E-state index in [0.29, 0.717) is 11.8 Å². The Morgan fingerprint density at radius 3 is 2.24 bits per heavy atom. The van der Waals surface area contributed by atoms with Gasteiger partial charge in [-0.15, -0.1) is 0 Å². The summed E-state index contributed by atoms with van der Waals surface area (Å²) in [5, 5.41) is 0.689. The van der Waals surface area contributed by atoms with Gasteiger partial charge in [0, 0.05) is 17.8 Å². The number of thioether (sulfide) groups is 1. The molecule has 0 bridgehead atoms. The summed E-state index contributed by atoms with van der Waals surface area (Å²) in [7, 11) is -3.27. The van der Waals surface area contributed by atoms with Crippen LogP contribution in [0.2, 0.25) is 0 Å². The molecule has 21 heavy (non-hydrogen) atoms. The molecule has 1 aliphatic rings. The van der Waals surface area contributed by atoms with Crippen LogP contribution in [0.15, 0.2) is 24.3 Å². The maximum Gasteiger partial charge on any atom is 0.216 e. The van der Waals surface area contributed by atoms with Gasteiger partial charge in [0.1, 0.15) is 0 Å². The van der Waals surface area contributed by atoms with E-state index in [9.17, 15) is 8.42 Å². The van der Waals surface area contributed by atoms with Crippen molar-refractivity contribution in [2.45, 2.75) is 49.3 Å². The van der Waals surface area contributed by atoms with Gasteiger partial charge in [0.25, 0.3) is 0 Å². The molecule has 1 fully saturated rings. The molecule has 1 aromatic carbocycles. The molecule has 1 aromatic rings. The average molecular weight is 329 g/mol. The topological polar surface area (TPSA) is 72.2 Å². The second-order valence-electron chi connectivity index (χ2n) is 5.61. The van der Waals surface area contributed by atoms with E-state index in [0.717, 1.165) is 36.8 Å². The van der Waals surface area contributed by atoms with Gasteiger partial charge in [-0.1, -0.05) is 24.3 Å². The Morgan fingerprint density at radius 1 is 1.14 bits per heavy atom. The van der Waals surface area contributed by atoms with Crippen molar-refractivity contribution in [1.29, 1.82) is 0 Å². The molecule has 0 aromatic heterocycles. The number of nitrogens with two attached hydrogens (primary N) is 1. The highest BCUT2D eigenvalue weighted by molar-refractivity contribution is 7.99. The van der Waals surface area contributed by atoms with Crippen LogP contribution in [0.1, 0.15) is 36.8 Å². The first-order valence-corrected chi connectivity index (χ1v) is 10.3. The lowest BCUT2D eigenvalue weighted by Crippen LogP contribution is -2.38. The fourth-order valence-corrected chi connectivity index (χ4v) is 4.90. The van der Waals surface area contributed by atoms with Crippen LogP contribution in [0, 0.1) is 0 Å². The molecule has 3 N–H and O–H groups in total. The second-order valence-corrected chi connectivity index (χ2v) is 8.50. The molecule has 1 aliphatic carbocycles. The summed E-state index contributed by atoms with van der Waals surface area (Å²) in [4.78, 5) is 0. The first-order chi connectivity index (χ1) is 10.0. The van der Waals surface area contributed by atoms with E-state index in [2.05, 4.69) is 11.0 Å². The Bertz CT molecular complexity index is 535. The SMILES string of the molecule is CSC1CCC(NS(=O)(=O)Cc2ccc(CN)cc2)CC1. The van der Waals surface area contributed by atoms with Gasteiger partial charge in [-0.2, -0.15) is 11.8 Å².